The minimum atomic E-state index is -0.897. The molecule has 1 aliphatic rings. The normalized spacial score (nSPS) is 14.1. The van der Waals surface area contributed by atoms with Crippen molar-refractivity contribution in [3.05, 3.63) is 59.7 Å². The summed E-state index contributed by atoms with van der Waals surface area (Å²) in [6, 6.07) is 15.6. The summed E-state index contributed by atoms with van der Waals surface area (Å²) in [5.41, 5.74) is 4.60. The Balaban J connectivity index is 1.48. The summed E-state index contributed by atoms with van der Waals surface area (Å²) >= 11 is 0. The van der Waals surface area contributed by atoms with Crippen LogP contribution < -0.4 is 10.6 Å². The lowest BCUT2D eigenvalue weighted by atomic mass is 9.98. The van der Waals surface area contributed by atoms with Crippen LogP contribution in [0.1, 0.15) is 50.2 Å². The molecule has 0 heterocycles. The summed E-state index contributed by atoms with van der Waals surface area (Å²) in [5.74, 6) is -1.16. The second-order valence-electron chi connectivity index (χ2n) is 7.98. The van der Waals surface area contributed by atoms with E-state index in [1.54, 1.807) is 13.8 Å². The Kier molecular flexibility index (Phi) is 7.28. The zero-order valence-electron chi connectivity index (χ0n) is 17.8. The van der Waals surface area contributed by atoms with E-state index in [-0.39, 0.29) is 37.3 Å². The van der Waals surface area contributed by atoms with Crippen LogP contribution in [-0.4, -0.2) is 41.8 Å². The number of carboxylic acid groups (broad SMARTS) is 1. The minimum absolute atomic E-state index is 0.00496. The van der Waals surface area contributed by atoms with Gasteiger partial charge in [-0.25, -0.2) is 4.79 Å². The van der Waals surface area contributed by atoms with E-state index in [0.29, 0.717) is 6.42 Å². The molecule has 2 amide bonds. The van der Waals surface area contributed by atoms with Crippen molar-refractivity contribution in [2.24, 2.45) is 0 Å². The number of carbonyl (C=O) groups excluding carboxylic acids is 2. The van der Waals surface area contributed by atoms with Crippen LogP contribution in [0.15, 0.2) is 48.5 Å². The van der Waals surface area contributed by atoms with E-state index in [9.17, 15) is 14.4 Å². The molecule has 0 saturated carbocycles. The van der Waals surface area contributed by atoms with Gasteiger partial charge >= 0.3 is 12.1 Å². The Labute approximate surface area is 181 Å². The number of rotatable bonds is 9. The van der Waals surface area contributed by atoms with Crippen molar-refractivity contribution in [1.82, 2.24) is 10.6 Å². The van der Waals surface area contributed by atoms with Gasteiger partial charge in [0.25, 0.3) is 0 Å². The van der Waals surface area contributed by atoms with Crippen molar-refractivity contribution in [2.75, 3.05) is 6.61 Å². The molecule has 31 heavy (non-hydrogen) atoms. The molecule has 2 atom stereocenters. The number of aliphatic carboxylic acids is 1. The number of hydrogen-bond donors (Lipinski definition) is 3. The van der Waals surface area contributed by atoms with E-state index in [0.717, 1.165) is 22.3 Å². The highest BCUT2D eigenvalue weighted by Crippen LogP contribution is 2.44. The molecule has 0 saturated heterocycles. The fraction of sp³-hybridized carbons (Fsp3) is 0.375. The van der Waals surface area contributed by atoms with Crippen molar-refractivity contribution in [1.29, 1.82) is 0 Å². The van der Waals surface area contributed by atoms with Crippen LogP contribution >= 0.6 is 0 Å². The summed E-state index contributed by atoms with van der Waals surface area (Å²) < 4.78 is 5.49. The maximum Gasteiger partial charge on any atom is 0.407 e. The molecule has 7 nitrogen and oxygen atoms in total. The van der Waals surface area contributed by atoms with E-state index in [4.69, 9.17) is 9.84 Å². The summed E-state index contributed by atoms with van der Waals surface area (Å²) in [7, 11) is 0. The molecule has 0 aromatic heterocycles. The van der Waals surface area contributed by atoms with E-state index in [2.05, 4.69) is 34.9 Å². The van der Waals surface area contributed by atoms with Gasteiger partial charge < -0.3 is 20.5 Å². The maximum absolute atomic E-state index is 12.3. The number of nitrogens with one attached hydrogen (secondary N) is 2. The van der Waals surface area contributed by atoms with Gasteiger partial charge in [-0.05, 0) is 42.5 Å². The monoisotopic (exact) mass is 424 g/mol. The van der Waals surface area contributed by atoms with E-state index in [1.165, 1.54) is 0 Å². The number of alkyl carbamates (subject to hydrolysis) is 1. The molecule has 1 aliphatic carbocycles. The van der Waals surface area contributed by atoms with Crippen molar-refractivity contribution >= 4 is 18.0 Å². The van der Waals surface area contributed by atoms with Crippen LogP contribution in [0, 0.1) is 0 Å². The summed E-state index contributed by atoms with van der Waals surface area (Å²) in [5, 5.41) is 14.1. The number of carboxylic acids is 1. The minimum Gasteiger partial charge on any atom is -0.481 e. The summed E-state index contributed by atoms with van der Waals surface area (Å²) in [6.07, 6.45) is -0.132. The number of hydrogen-bond acceptors (Lipinski definition) is 4. The maximum atomic E-state index is 12.3. The standard InChI is InChI=1S/C24H28N2O5/c1-15(11-12-23(28)29)25-22(27)13-16(2)26-24(30)31-14-21-19-9-5-3-7-17(19)18-8-4-6-10-20(18)21/h3-10,15-16,21H,11-14H2,1-2H3,(H,25,27)(H,26,30)(H,28,29)/t15?,16-/m0/s1. The molecule has 7 heteroatoms. The molecule has 0 radical (unpaired) electrons. The van der Waals surface area contributed by atoms with Gasteiger partial charge in [0.1, 0.15) is 6.61 Å². The van der Waals surface area contributed by atoms with Gasteiger partial charge in [-0.15, -0.1) is 0 Å². The third kappa shape index (κ3) is 5.84. The molecule has 1 unspecified atom stereocenters. The Morgan fingerprint density at radius 1 is 0.935 bits per heavy atom. The number of amides is 2. The molecule has 2 aromatic carbocycles. The third-order valence-electron chi connectivity index (χ3n) is 5.40. The second-order valence-corrected chi connectivity index (χ2v) is 7.98. The van der Waals surface area contributed by atoms with Gasteiger partial charge in [0.2, 0.25) is 5.91 Å². The van der Waals surface area contributed by atoms with Gasteiger partial charge in [-0.2, -0.15) is 0 Å². The fourth-order valence-corrected chi connectivity index (χ4v) is 3.92. The number of fused-ring (bicyclic) bond motifs is 3. The van der Waals surface area contributed by atoms with Gasteiger partial charge in [-0.3, -0.25) is 9.59 Å². The Hall–Kier alpha value is -3.35. The summed E-state index contributed by atoms with van der Waals surface area (Å²) in [6.45, 7) is 3.69. The molecule has 0 spiro atoms. The molecule has 3 rings (SSSR count). The van der Waals surface area contributed by atoms with Crippen LogP contribution in [-0.2, 0) is 14.3 Å². The van der Waals surface area contributed by atoms with Gasteiger partial charge in [0, 0.05) is 30.8 Å². The molecule has 0 fully saturated rings. The van der Waals surface area contributed by atoms with E-state index < -0.39 is 18.1 Å². The van der Waals surface area contributed by atoms with Crippen LogP contribution in [0.2, 0.25) is 0 Å². The lowest BCUT2D eigenvalue weighted by molar-refractivity contribution is -0.137. The zero-order chi connectivity index (χ0) is 22.4. The Morgan fingerprint density at radius 2 is 1.52 bits per heavy atom. The third-order valence-corrected chi connectivity index (χ3v) is 5.40. The first-order valence-corrected chi connectivity index (χ1v) is 10.5. The SMILES string of the molecule is CC(CCC(=O)O)NC(=O)C[C@H](C)NC(=O)OCC1c2ccccc2-c2ccccc21. The molecule has 0 aliphatic heterocycles. The molecule has 3 N–H and O–H groups in total. The molecule has 2 aromatic rings. The van der Waals surface area contributed by atoms with Crippen molar-refractivity contribution in [3.63, 3.8) is 0 Å². The lowest BCUT2D eigenvalue weighted by Gasteiger charge is -2.18. The zero-order valence-corrected chi connectivity index (χ0v) is 17.8. The topological polar surface area (TPSA) is 105 Å². The smallest absolute Gasteiger partial charge is 0.407 e. The summed E-state index contributed by atoms with van der Waals surface area (Å²) in [4.78, 5) is 35.0. The van der Waals surface area contributed by atoms with Gasteiger partial charge in [0.05, 0.1) is 0 Å². The second kappa shape index (κ2) is 10.1. The van der Waals surface area contributed by atoms with Crippen LogP contribution in [0.3, 0.4) is 0 Å². The average molecular weight is 424 g/mol. The number of benzene rings is 2. The largest absolute Gasteiger partial charge is 0.481 e. The van der Waals surface area contributed by atoms with Gasteiger partial charge in [0.15, 0.2) is 0 Å². The van der Waals surface area contributed by atoms with Crippen molar-refractivity contribution < 1.29 is 24.2 Å². The quantitative estimate of drug-likeness (QED) is 0.570. The first-order chi connectivity index (χ1) is 14.8. The highest BCUT2D eigenvalue weighted by Gasteiger charge is 2.29. The molecule has 0 bridgehead atoms. The molecular formula is C24H28N2O5. The molecule has 164 valence electrons. The number of ether oxygens (including phenoxy) is 1. The average Bonchev–Trinajstić information content (AvgIpc) is 3.04. The lowest BCUT2D eigenvalue weighted by Crippen LogP contribution is -2.40. The predicted octanol–water partition coefficient (Wildman–Crippen LogP) is 3.67. The fourth-order valence-electron chi connectivity index (χ4n) is 3.92. The van der Waals surface area contributed by atoms with Gasteiger partial charge in [-0.1, -0.05) is 48.5 Å². The predicted molar refractivity (Wildman–Crippen MR) is 117 cm³/mol. The first-order valence-electron chi connectivity index (χ1n) is 10.5. The van der Waals surface area contributed by atoms with Crippen LogP contribution in [0.4, 0.5) is 4.79 Å². The Morgan fingerprint density at radius 3 is 2.10 bits per heavy atom. The van der Waals surface area contributed by atoms with Crippen LogP contribution in [0.5, 0.6) is 0 Å². The highest BCUT2D eigenvalue weighted by atomic mass is 16.5. The first kappa shape index (κ1) is 22.3. The van der Waals surface area contributed by atoms with Crippen molar-refractivity contribution in [3.8, 4) is 11.1 Å². The van der Waals surface area contributed by atoms with Crippen LogP contribution in [0.25, 0.3) is 11.1 Å². The number of carbonyl (C=O) groups is 3. The Bertz CT molecular complexity index is 913. The van der Waals surface area contributed by atoms with E-state index >= 15 is 0 Å². The molecular weight excluding hydrogens is 396 g/mol. The highest BCUT2D eigenvalue weighted by molar-refractivity contribution is 5.79. The van der Waals surface area contributed by atoms with E-state index in [1.807, 2.05) is 24.3 Å². The van der Waals surface area contributed by atoms with Crippen molar-refractivity contribution in [2.45, 2.75) is 51.1 Å².